The van der Waals surface area contributed by atoms with Gasteiger partial charge in [0.2, 0.25) is 17.7 Å². The topological polar surface area (TPSA) is 97.0 Å². The number of hydrogen-bond donors (Lipinski definition) is 2. The summed E-state index contributed by atoms with van der Waals surface area (Å²) in [6.45, 7) is 5.26. The number of nitrogens with zero attached hydrogens (tertiary/aromatic N) is 1. The van der Waals surface area contributed by atoms with Crippen LogP contribution in [0.15, 0.2) is 36.4 Å². The maximum absolute atomic E-state index is 14.0. The molecule has 6 atom stereocenters. The number of anilines is 1. The summed E-state index contributed by atoms with van der Waals surface area (Å²) in [5.74, 6) is -1.66. The Morgan fingerprint density at radius 3 is 2.50 bits per heavy atom. The summed E-state index contributed by atoms with van der Waals surface area (Å²) in [4.78, 5) is 43.2. The Morgan fingerprint density at radius 1 is 1.05 bits per heavy atom. The number of hydrogen-bond acceptors (Lipinski definition) is 5. The molecule has 3 amide bonds. The normalized spacial score (nSPS) is 34.2. The van der Waals surface area contributed by atoms with Crippen LogP contribution in [-0.2, 0) is 23.9 Å². The van der Waals surface area contributed by atoms with E-state index in [0.717, 1.165) is 38.5 Å². The highest BCUT2D eigenvalue weighted by atomic mass is 16.5. The van der Waals surface area contributed by atoms with Crippen LogP contribution in [0.4, 0.5) is 5.69 Å². The first-order valence-corrected chi connectivity index (χ1v) is 14.4. The molecule has 4 heterocycles. The van der Waals surface area contributed by atoms with Crippen molar-refractivity contribution < 1.29 is 23.9 Å². The van der Waals surface area contributed by atoms with Gasteiger partial charge in [-0.25, -0.2) is 0 Å². The first-order valence-electron chi connectivity index (χ1n) is 14.4. The first kappa shape index (κ1) is 25.6. The van der Waals surface area contributed by atoms with Crippen molar-refractivity contribution >= 4 is 23.4 Å². The molecule has 1 aromatic carbocycles. The van der Waals surface area contributed by atoms with Crippen molar-refractivity contribution in [2.75, 3.05) is 18.5 Å². The summed E-state index contributed by atoms with van der Waals surface area (Å²) in [6, 6.07) is 7.11. The fourth-order valence-corrected chi connectivity index (χ4v) is 7.18. The number of nitrogens with one attached hydrogen (secondary N) is 2. The third kappa shape index (κ3) is 4.35. The van der Waals surface area contributed by atoms with Gasteiger partial charge >= 0.3 is 0 Å². The highest BCUT2D eigenvalue weighted by Gasteiger charge is 2.73. The number of fused-ring (bicyclic) bond motifs is 1. The Labute approximate surface area is 224 Å². The van der Waals surface area contributed by atoms with Gasteiger partial charge in [0.25, 0.3) is 0 Å². The van der Waals surface area contributed by atoms with Gasteiger partial charge in [-0.15, -0.1) is 0 Å². The molecule has 2 N–H and O–H groups in total. The molecule has 5 aliphatic rings. The standard InChI is InChI=1S/C30H39N3O5/c1-18(2)19-10-12-21(13-11-19)31-27(34)24-23-14-15-30(38-23)25(24)29(36)33(17-22-9-6-16-37-22)26(30)28(35)32-20-7-4-3-5-8-20/h10-15,18,20,22-26H,3-9,16-17H2,1-2H3,(H,31,34)(H,32,35)/t22-,23+,24-,25+,26+,30+/m0/s1. The molecule has 1 aromatic rings. The molecule has 8 heteroatoms. The third-order valence-electron chi connectivity index (χ3n) is 9.15. The van der Waals surface area contributed by atoms with Crippen molar-refractivity contribution in [1.29, 1.82) is 0 Å². The Morgan fingerprint density at radius 2 is 1.82 bits per heavy atom. The second-order valence-electron chi connectivity index (χ2n) is 11.9. The monoisotopic (exact) mass is 521 g/mol. The number of ether oxygens (including phenoxy) is 2. The first-order chi connectivity index (χ1) is 18.4. The molecule has 38 heavy (non-hydrogen) atoms. The molecule has 1 saturated carbocycles. The van der Waals surface area contributed by atoms with E-state index in [1.807, 2.05) is 36.4 Å². The van der Waals surface area contributed by atoms with E-state index >= 15 is 0 Å². The average Bonchev–Trinajstić information content (AvgIpc) is 3.68. The van der Waals surface area contributed by atoms with Crippen molar-refractivity contribution in [3.8, 4) is 0 Å². The molecule has 0 unspecified atom stereocenters. The Bertz CT molecular complexity index is 1110. The molecule has 3 saturated heterocycles. The SMILES string of the molecule is CC(C)c1ccc(NC(=O)[C@H]2[C@H]3C=C[C@@]4(O3)[C@H]2C(=O)N(C[C@@H]2CCCO2)[C@@H]4C(=O)NC2CCCCC2)cc1. The van der Waals surface area contributed by atoms with Crippen molar-refractivity contribution in [1.82, 2.24) is 10.2 Å². The van der Waals surface area contributed by atoms with E-state index in [9.17, 15) is 14.4 Å². The van der Waals surface area contributed by atoms with Crippen molar-refractivity contribution in [3.63, 3.8) is 0 Å². The van der Waals surface area contributed by atoms with Crippen LogP contribution in [0.5, 0.6) is 0 Å². The zero-order valence-electron chi connectivity index (χ0n) is 22.4. The van der Waals surface area contributed by atoms with Crippen LogP contribution in [0.2, 0.25) is 0 Å². The van der Waals surface area contributed by atoms with Gasteiger partial charge in [-0.05, 0) is 49.3 Å². The van der Waals surface area contributed by atoms with Crippen molar-refractivity contribution in [3.05, 3.63) is 42.0 Å². The quantitative estimate of drug-likeness (QED) is 0.535. The minimum absolute atomic E-state index is 0.105. The molecule has 204 valence electrons. The zero-order valence-corrected chi connectivity index (χ0v) is 22.4. The number of benzene rings is 1. The van der Waals surface area contributed by atoms with E-state index in [1.165, 1.54) is 12.0 Å². The van der Waals surface area contributed by atoms with E-state index in [1.54, 1.807) is 4.90 Å². The molecule has 1 aliphatic carbocycles. The lowest BCUT2D eigenvalue weighted by molar-refractivity contribution is -0.143. The summed E-state index contributed by atoms with van der Waals surface area (Å²) >= 11 is 0. The largest absolute Gasteiger partial charge is 0.376 e. The molecule has 0 aromatic heterocycles. The third-order valence-corrected chi connectivity index (χ3v) is 9.15. The minimum atomic E-state index is -1.14. The van der Waals surface area contributed by atoms with Crippen LogP contribution < -0.4 is 10.6 Å². The Balaban J connectivity index is 1.27. The predicted molar refractivity (Wildman–Crippen MR) is 142 cm³/mol. The number of likely N-dealkylation sites (tertiary alicyclic amines) is 1. The maximum Gasteiger partial charge on any atom is 0.246 e. The lowest BCUT2D eigenvalue weighted by Gasteiger charge is -2.34. The van der Waals surface area contributed by atoms with Crippen LogP contribution in [0.3, 0.4) is 0 Å². The molecule has 0 radical (unpaired) electrons. The molecular weight excluding hydrogens is 482 g/mol. The lowest BCUT2D eigenvalue weighted by atomic mass is 9.74. The summed E-state index contributed by atoms with van der Waals surface area (Å²) in [7, 11) is 0. The van der Waals surface area contributed by atoms with Gasteiger partial charge in [0, 0.05) is 24.9 Å². The Hall–Kier alpha value is -2.71. The van der Waals surface area contributed by atoms with Crippen molar-refractivity contribution in [2.24, 2.45) is 11.8 Å². The number of amides is 3. The van der Waals surface area contributed by atoms with Gasteiger partial charge < -0.3 is 25.0 Å². The van der Waals surface area contributed by atoms with Gasteiger partial charge in [-0.1, -0.05) is 57.4 Å². The summed E-state index contributed by atoms with van der Waals surface area (Å²) in [5.41, 5.74) is 0.743. The molecule has 4 aliphatic heterocycles. The smallest absolute Gasteiger partial charge is 0.246 e. The number of rotatable bonds is 7. The second kappa shape index (κ2) is 10.1. The van der Waals surface area contributed by atoms with Gasteiger partial charge in [0.1, 0.15) is 11.6 Å². The molecule has 2 bridgehead atoms. The van der Waals surface area contributed by atoms with Gasteiger partial charge in [0.15, 0.2) is 0 Å². The summed E-state index contributed by atoms with van der Waals surface area (Å²) in [6.07, 6.45) is 10.2. The minimum Gasteiger partial charge on any atom is -0.376 e. The van der Waals surface area contributed by atoms with E-state index in [-0.39, 0.29) is 29.9 Å². The summed E-state index contributed by atoms with van der Waals surface area (Å²) in [5, 5.41) is 6.25. The maximum atomic E-state index is 14.0. The fraction of sp³-hybridized carbons (Fsp3) is 0.633. The van der Waals surface area contributed by atoms with Crippen LogP contribution >= 0.6 is 0 Å². The number of carbonyl (C=O) groups is 3. The molecule has 8 nitrogen and oxygen atoms in total. The second-order valence-corrected chi connectivity index (χ2v) is 11.9. The highest BCUT2D eigenvalue weighted by molar-refractivity contribution is 6.02. The van der Waals surface area contributed by atoms with E-state index in [4.69, 9.17) is 9.47 Å². The van der Waals surface area contributed by atoms with Crippen LogP contribution in [0.1, 0.15) is 70.3 Å². The predicted octanol–water partition coefficient (Wildman–Crippen LogP) is 3.53. The highest BCUT2D eigenvalue weighted by Crippen LogP contribution is 2.55. The van der Waals surface area contributed by atoms with Crippen LogP contribution in [0.25, 0.3) is 0 Å². The van der Waals surface area contributed by atoms with Crippen molar-refractivity contribution in [2.45, 2.75) is 94.6 Å². The zero-order chi connectivity index (χ0) is 26.4. The molecule has 4 fully saturated rings. The van der Waals surface area contributed by atoms with E-state index < -0.39 is 29.6 Å². The lowest BCUT2D eigenvalue weighted by Crippen LogP contribution is -2.57. The fourth-order valence-electron chi connectivity index (χ4n) is 7.18. The van der Waals surface area contributed by atoms with Gasteiger partial charge in [-0.2, -0.15) is 0 Å². The average molecular weight is 522 g/mol. The molecule has 1 spiro atoms. The van der Waals surface area contributed by atoms with Crippen LogP contribution in [0, 0.1) is 11.8 Å². The van der Waals surface area contributed by atoms with Gasteiger partial charge in [-0.3, -0.25) is 14.4 Å². The molecular formula is C30H39N3O5. The van der Waals surface area contributed by atoms with E-state index in [0.29, 0.717) is 24.8 Å². The number of carbonyl (C=O) groups excluding carboxylic acids is 3. The summed E-state index contributed by atoms with van der Waals surface area (Å²) < 4.78 is 12.3. The van der Waals surface area contributed by atoms with E-state index in [2.05, 4.69) is 24.5 Å². The van der Waals surface area contributed by atoms with Gasteiger partial charge in [0.05, 0.1) is 24.0 Å². The molecule has 6 rings (SSSR count). The Kier molecular flexibility index (Phi) is 6.80. The van der Waals surface area contributed by atoms with Crippen LogP contribution in [-0.4, -0.2) is 65.7 Å².